The molecule has 0 fully saturated rings. The van der Waals surface area contributed by atoms with E-state index in [1.54, 1.807) is 13.8 Å². The van der Waals surface area contributed by atoms with E-state index in [1.165, 1.54) is 6.07 Å². The van der Waals surface area contributed by atoms with Crippen molar-refractivity contribution in [3.05, 3.63) is 35.2 Å². The molecule has 3 nitrogen and oxygen atoms in total. The summed E-state index contributed by atoms with van der Waals surface area (Å²) in [4.78, 5) is 3.97. The molecule has 0 unspecified atom stereocenters. The van der Waals surface area contributed by atoms with Crippen LogP contribution in [-0.2, 0) is 6.18 Å². The quantitative estimate of drug-likeness (QED) is 0.769. The van der Waals surface area contributed by atoms with Gasteiger partial charge in [-0.15, -0.1) is 0 Å². The number of hydrogen-bond donors (Lipinski definition) is 0. The Bertz CT molecular complexity index is 546. The lowest BCUT2D eigenvalue weighted by Crippen LogP contribution is -2.05. The van der Waals surface area contributed by atoms with E-state index in [2.05, 4.69) is 10.1 Å². The summed E-state index contributed by atoms with van der Waals surface area (Å²) in [6.07, 6.45) is -4.34. The summed E-state index contributed by atoms with van der Waals surface area (Å²) in [5.41, 5.74) is 0.275. The van der Waals surface area contributed by atoms with E-state index in [9.17, 15) is 13.2 Å². The third-order valence-corrected chi connectivity index (χ3v) is 2.31. The molecule has 0 aliphatic carbocycles. The second-order valence-corrected chi connectivity index (χ2v) is 3.67. The minimum absolute atomic E-state index is 0.230. The van der Waals surface area contributed by atoms with E-state index >= 15 is 0 Å². The molecular weight excluding hydrogens is 233 g/mol. The van der Waals surface area contributed by atoms with Gasteiger partial charge in [-0.3, -0.25) is 0 Å². The van der Waals surface area contributed by atoms with E-state index < -0.39 is 11.7 Å². The van der Waals surface area contributed by atoms with Crippen LogP contribution in [0, 0.1) is 13.8 Å². The molecule has 90 valence electrons. The second-order valence-electron chi connectivity index (χ2n) is 3.67. The first-order valence-electron chi connectivity index (χ1n) is 4.86. The summed E-state index contributed by atoms with van der Waals surface area (Å²) < 4.78 is 42.3. The number of aromatic nitrogens is 2. The van der Waals surface area contributed by atoms with Crippen molar-refractivity contribution in [2.24, 2.45) is 0 Å². The molecule has 1 aromatic heterocycles. The number of alkyl halides is 3. The molecule has 0 amide bonds. The summed E-state index contributed by atoms with van der Waals surface area (Å²) in [7, 11) is 0. The summed E-state index contributed by atoms with van der Waals surface area (Å²) in [6.45, 7) is 3.22. The van der Waals surface area contributed by atoms with Crippen molar-refractivity contribution in [3.8, 4) is 11.5 Å². The van der Waals surface area contributed by atoms with Gasteiger partial charge in [-0.2, -0.15) is 18.2 Å². The normalized spacial score (nSPS) is 11.8. The van der Waals surface area contributed by atoms with Crippen LogP contribution < -0.4 is 0 Å². The number of hydrogen-bond acceptors (Lipinski definition) is 3. The zero-order valence-corrected chi connectivity index (χ0v) is 9.17. The molecule has 0 saturated heterocycles. The third-order valence-electron chi connectivity index (χ3n) is 2.31. The lowest BCUT2D eigenvalue weighted by Gasteiger charge is -2.08. The Morgan fingerprint density at radius 1 is 1.18 bits per heavy atom. The molecule has 0 aliphatic rings. The molecule has 2 aromatic rings. The molecule has 0 saturated carbocycles. The predicted molar refractivity (Wildman–Crippen MR) is 54.2 cm³/mol. The number of aryl methyl sites for hydroxylation is 2. The topological polar surface area (TPSA) is 38.9 Å². The largest absolute Gasteiger partial charge is 0.416 e. The van der Waals surface area contributed by atoms with Gasteiger partial charge in [0.05, 0.1) is 5.56 Å². The monoisotopic (exact) mass is 242 g/mol. The van der Waals surface area contributed by atoms with Crippen LogP contribution >= 0.6 is 0 Å². The molecule has 1 heterocycles. The lowest BCUT2D eigenvalue weighted by molar-refractivity contribution is -0.137. The summed E-state index contributed by atoms with van der Waals surface area (Å²) >= 11 is 0. The molecule has 1 aromatic carbocycles. The lowest BCUT2D eigenvalue weighted by atomic mass is 10.0. The summed E-state index contributed by atoms with van der Waals surface area (Å²) in [5.74, 6) is 0.674. The highest BCUT2D eigenvalue weighted by atomic mass is 19.4. The molecule has 0 atom stereocenters. The summed E-state index contributed by atoms with van der Waals surface area (Å²) in [6, 6.07) is 3.40. The van der Waals surface area contributed by atoms with Gasteiger partial charge in [0.25, 0.3) is 5.89 Å². The Kier molecular flexibility index (Phi) is 2.65. The van der Waals surface area contributed by atoms with Crippen LogP contribution in [0.2, 0.25) is 0 Å². The first-order chi connectivity index (χ1) is 7.88. The van der Waals surface area contributed by atoms with Crippen molar-refractivity contribution in [3.63, 3.8) is 0 Å². The molecule has 0 N–H and O–H groups in total. The maximum atomic E-state index is 12.5. The van der Waals surface area contributed by atoms with Gasteiger partial charge in [0.15, 0.2) is 5.82 Å². The number of nitrogens with zero attached hydrogens (tertiary/aromatic N) is 2. The van der Waals surface area contributed by atoms with E-state index in [-0.39, 0.29) is 5.89 Å². The first kappa shape index (κ1) is 11.6. The molecule has 2 rings (SSSR count). The van der Waals surface area contributed by atoms with Crippen molar-refractivity contribution in [2.45, 2.75) is 20.0 Å². The van der Waals surface area contributed by atoms with Crippen molar-refractivity contribution >= 4 is 0 Å². The molecule has 0 spiro atoms. The van der Waals surface area contributed by atoms with Crippen LogP contribution in [0.3, 0.4) is 0 Å². The first-order valence-corrected chi connectivity index (χ1v) is 4.86. The Balaban J connectivity index is 2.45. The van der Waals surface area contributed by atoms with Gasteiger partial charge in [0.2, 0.25) is 0 Å². The van der Waals surface area contributed by atoms with Crippen molar-refractivity contribution in [1.29, 1.82) is 0 Å². The standard InChI is InChI=1S/C11H9F3N2O/c1-6-5-8(11(12,13)14)3-4-9(6)10-15-7(2)16-17-10/h3-5H,1-2H3. The second kappa shape index (κ2) is 3.87. The van der Waals surface area contributed by atoms with Gasteiger partial charge in [-0.25, -0.2) is 0 Å². The summed E-state index contributed by atoms with van der Waals surface area (Å²) in [5, 5.41) is 3.60. The molecule has 0 aliphatic heterocycles. The molecule has 0 radical (unpaired) electrons. The Morgan fingerprint density at radius 3 is 2.35 bits per heavy atom. The SMILES string of the molecule is Cc1noc(-c2ccc(C(F)(F)F)cc2C)n1. The van der Waals surface area contributed by atoms with Gasteiger partial charge in [0, 0.05) is 5.56 Å². The van der Waals surface area contributed by atoms with Crippen LogP contribution in [0.25, 0.3) is 11.5 Å². The van der Waals surface area contributed by atoms with Crippen molar-refractivity contribution < 1.29 is 17.7 Å². The Hall–Kier alpha value is -1.85. The minimum Gasteiger partial charge on any atom is -0.334 e. The number of halogens is 3. The third kappa shape index (κ3) is 2.30. The fourth-order valence-corrected chi connectivity index (χ4v) is 1.49. The van der Waals surface area contributed by atoms with Gasteiger partial charge in [-0.1, -0.05) is 5.16 Å². The van der Waals surface area contributed by atoms with Gasteiger partial charge < -0.3 is 4.52 Å². The van der Waals surface area contributed by atoms with Gasteiger partial charge in [-0.05, 0) is 37.6 Å². The van der Waals surface area contributed by atoms with E-state index in [4.69, 9.17) is 4.52 Å². The maximum absolute atomic E-state index is 12.5. The van der Waals surface area contributed by atoms with Crippen molar-refractivity contribution in [1.82, 2.24) is 10.1 Å². The average molecular weight is 242 g/mol. The average Bonchev–Trinajstić information content (AvgIpc) is 2.63. The maximum Gasteiger partial charge on any atom is 0.416 e. The van der Waals surface area contributed by atoms with Crippen molar-refractivity contribution in [2.75, 3.05) is 0 Å². The highest BCUT2D eigenvalue weighted by molar-refractivity contribution is 5.59. The molecule has 0 bridgehead atoms. The van der Waals surface area contributed by atoms with Gasteiger partial charge in [0.1, 0.15) is 0 Å². The molecule has 6 heteroatoms. The fraction of sp³-hybridized carbons (Fsp3) is 0.273. The Labute approximate surface area is 95.3 Å². The van der Waals surface area contributed by atoms with Crippen LogP contribution in [0.4, 0.5) is 13.2 Å². The fourth-order valence-electron chi connectivity index (χ4n) is 1.49. The predicted octanol–water partition coefficient (Wildman–Crippen LogP) is 3.37. The van der Waals surface area contributed by atoms with Crippen LogP contribution in [-0.4, -0.2) is 10.1 Å². The van der Waals surface area contributed by atoms with E-state index in [0.717, 1.165) is 12.1 Å². The zero-order chi connectivity index (χ0) is 12.6. The molecular formula is C11H9F3N2O. The highest BCUT2D eigenvalue weighted by Gasteiger charge is 2.30. The van der Waals surface area contributed by atoms with Crippen LogP contribution in [0.15, 0.2) is 22.7 Å². The Morgan fingerprint density at radius 2 is 1.88 bits per heavy atom. The highest BCUT2D eigenvalue weighted by Crippen LogP contribution is 2.32. The number of rotatable bonds is 1. The smallest absolute Gasteiger partial charge is 0.334 e. The minimum atomic E-state index is -4.34. The van der Waals surface area contributed by atoms with Crippen LogP contribution in [0.5, 0.6) is 0 Å². The van der Waals surface area contributed by atoms with Crippen LogP contribution in [0.1, 0.15) is 17.0 Å². The van der Waals surface area contributed by atoms with Gasteiger partial charge >= 0.3 is 6.18 Å². The molecule has 17 heavy (non-hydrogen) atoms. The number of benzene rings is 1. The zero-order valence-electron chi connectivity index (χ0n) is 9.17. The van der Waals surface area contributed by atoms with E-state index in [0.29, 0.717) is 17.0 Å². The van der Waals surface area contributed by atoms with E-state index in [1.807, 2.05) is 0 Å².